The van der Waals surface area contributed by atoms with Crippen molar-refractivity contribution in [2.24, 2.45) is 0 Å². The predicted molar refractivity (Wildman–Crippen MR) is 80.7 cm³/mol. The van der Waals surface area contributed by atoms with Gasteiger partial charge in [0.25, 0.3) is 0 Å². The summed E-state index contributed by atoms with van der Waals surface area (Å²) in [5, 5.41) is 0. The van der Waals surface area contributed by atoms with E-state index in [1.807, 2.05) is 27.7 Å². The molecule has 2 fully saturated rings. The van der Waals surface area contributed by atoms with Gasteiger partial charge in [0.1, 0.15) is 24.9 Å². The van der Waals surface area contributed by atoms with Gasteiger partial charge < -0.3 is 28.4 Å². The van der Waals surface area contributed by atoms with Crippen LogP contribution in [0.2, 0.25) is 0 Å². The van der Waals surface area contributed by atoms with E-state index in [0.717, 1.165) is 6.08 Å². The van der Waals surface area contributed by atoms with Crippen molar-refractivity contribution in [3.8, 4) is 0 Å². The lowest BCUT2D eigenvalue weighted by molar-refractivity contribution is -0.190. The first-order chi connectivity index (χ1) is 10.7. The maximum Gasteiger partial charge on any atom is 0.330 e. The summed E-state index contributed by atoms with van der Waals surface area (Å²) in [6.07, 6.45) is 0.191. The summed E-state index contributed by atoms with van der Waals surface area (Å²) >= 11 is 0. The van der Waals surface area contributed by atoms with Crippen LogP contribution in [0.25, 0.3) is 0 Å². The summed E-state index contributed by atoms with van der Waals surface area (Å²) < 4.78 is 33.8. The molecule has 0 amide bonds. The molecular formula is C16H26O7. The van der Waals surface area contributed by atoms with Gasteiger partial charge in [-0.15, -0.1) is 0 Å². The number of esters is 1. The Balaban J connectivity index is 1.92. The Morgan fingerprint density at radius 2 is 1.65 bits per heavy atom. The molecule has 2 atom stereocenters. The van der Waals surface area contributed by atoms with Crippen molar-refractivity contribution in [2.45, 2.75) is 57.6 Å². The molecule has 0 N–H and O–H groups in total. The third kappa shape index (κ3) is 5.26. The Morgan fingerprint density at radius 1 is 1.13 bits per heavy atom. The molecule has 0 aliphatic carbocycles. The summed E-state index contributed by atoms with van der Waals surface area (Å²) in [4.78, 5) is 11.1. The number of carbonyl (C=O) groups is 1. The van der Waals surface area contributed by atoms with Crippen molar-refractivity contribution in [3.05, 3.63) is 12.7 Å². The Kier molecular flexibility index (Phi) is 5.80. The highest BCUT2D eigenvalue weighted by Gasteiger charge is 2.46. The zero-order valence-electron chi connectivity index (χ0n) is 14.2. The lowest BCUT2D eigenvalue weighted by Gasteiger charge is -2.29. The number of hydrogen-bond donors (Lipinski definition) is 0. The van der Waals surface area contributed by atoms with Crippen molar-refractivity contribution in [1.82, 2.24) is 0 Å². The van der Waals surface area contributed by atoms with Gasteiger partial charge in [0, 0.05) is 6.08 Å². The minimum Gasteiger partial charge on any atom is -0.460 e. The average Bonchev–Trinajstić information content (AvgIpc) is 3.00. The molecule has 23 heavy (non-hydrogen) atoms. The molecule has 2 rings (SSSR count). The minimum atomic E-state index is -0.656. The molecule has 7 nitrogen and oxygen atoms in total. The van der Waals surface area contributed by atoms with Crippen molar-refractivity contribution < 1.29 is 33.2 Å². The minimum absolute atomic E-state index is 0.134. The van der Waals surface area contributed by atoms with Crippen LogP contribution in [0, 0.1) is 0 Å². The first-order valence-corrected chi connectivity index (χ1v) is 7.77. The maximum atomic E-state index is 11.1. The van der Waals surface area contributed by atoms with Crippen LogP contribution in [-0.2, 0) is 33.2 Å². The molecule has 2 heterocycles. The molecule has 0 aromatic carbocycles. The zero-order chi connectivity index (χ0) is 17.1. The molecule has 0 aromatic heterocycles. The van der Waals surface area contributed by atoms with E-state index in [-0.39, 0.29) is 31.5 Å². The quantitative estimate of drug-likeness (QED) is 0.397. The summed E-state index contributed by atoms with van der Waals surface area (Å²) in [5.74, 6) is -1.79. The molecule has 0 saturated carbocycles. The predicted octanol–water partition coefficient (Wildman–Crippen LogP) is 1.40. The third-order valence-electron chi connectivity index (χ3n) is 3.60. The molecule has 2 saturated heterocycles. The molecule has 2 aliphatic rings. The largest absolute Gasteiger partial charge is 0.460 e. The lowest BCUT2D eigenvalue weighted by atomic mass is 10.1. The monoisotopic (exact) mass is 330 g/mol. The second kappa shape index (κ2) is 7.27. The van der Waals surface area contributed by atoms with Crippen molar-refractivity contribution in [3.63, 3.8) is 0 Å². The first-order valence-electron chi connectivity index (χ1n) is 7.77. The van der Waals surface area contributed by atoms with Crippen LogP contribution in [0.15, 0.2) is 12.7 Å². The van der Waals surface area contributed by atoms with Crippen LogP contribution in [0.1, 0.15) is 27.7 Å². The van der Waals surface area contributed by atoms with Gasteiger partial charge in [0.15, 0.2) is 11.6 Å². The fourth-order valence-corrected chi connectivity index (χ4v) is 2.59. The lowest BCUT2D eigenvalue weighted by Crippen LogP contribution is -2.44. The van der Waals surface area contributed by atoms with Crippen LogP contribution in [0.4, 0.5) is 0 Å². The van der Waals surface area contributed by atoms with Gasteiger partial charge in [-0.1, -0.05) is 6.58 Å². The number of ether oxygens (including phenoxy) is 6. The molecule has 7 heteroatoms. The van der Waals surface area contributed by atoms with Crippen LogP contribution in [0.3, 0.4) is 0 Å². The second-order valence-electron chi connectivity index (χ2n) is 6.44. The fourth-order valence-electron chi connectivity index (χ4n) is 2.59. The van der Waals surface area contributed by atoms with E-state index in [2.05, 4.69) is 6.58 Å². The summed E-state index contributed by atoms with van der Waals surface area (Å²) in [5.41, 5.74) is 0. The molecule has 0 aromatic rings. The Bertz CT molecular complexity index is 406. The second-order valence-corrected chi connectivity index (χ2v) is 6.44. The van der Waals surface area contributed by atoms with Crippen LogP contribution in [-0.4, -0.2) is 62.3 Å². The van der Waals surface area contributed by atoms with E-state index in [1.165, 1.54) is 0 Å². The third-order valence-corrected chi connectivity index (χ3v) is 3.60. The Morgan fingerprint density at radius 3 is 2.04 bits per heavy atom. The molecular weight excluding hydrogens is 304 g/mol. The molecule has 2 unspecified atom stereocenters. The van der Waals surface area contributed by atoms with Gasteiger partial charge in [-0.25, -0.2) is 4.79 Å². The molecule has 132 valence electrons. The smallest absolute Gasteiger partial charge is 0.330 e. The Hall–Kier alpha value is -0.990. The van der Waals surface area contributed by atoms with Gasteiger partial charge in [-0.2, -0.15) is 0 Å². The van der Waals surface area contributed by atoms with E-state index in [1.54, 1.807) is 0 Å². The van der Waals surface area contributed by atoms with E-state index in [9.17, 15) is 4.79 Å². The highest BCUT2D eigenvalue weighted by Crippen LogP contribution is 2.32. The normalized spacial score (nSPS) is 30.1. The molecule has 0 spiro atoms. The van der Waals surface area contributed by atoms with Crippen molar-refractivity contribution in [2.75, 3.05) is 26.4 Å². The summed E-state index contributed by atoms with van der Waals surface area (Å²) in [6.45, 7) is 11.9. The van der Waals surface area contributed by atoms with E-state index >= 15 is 0 Å². The molecule has 0 radical (unpaired) electrons. The Labute approximate surface area is 136 Å². The zero-order valence-corrected chi connectivity index (χ0v) is 14.2. The van der Waals surface area contributed by atoms with Gasteiger partial charge >= 0.3 is 5.97 Å². The van der Waals surface area contributed by atoms with Gasteiger partial charge in [-0.3, -0.25) is 0 Å². The van der Waals surface area contributed by atoms with Gasteiger partial charge in [-0.05, 0) is 27.7 Å². The standard InChI is InChI=1S/C16H26O7/c1-6-13(17)18-7-8-19-14(11-9-20-15(2,3)22-11)12-10-21-16(4,5)23-12/h6,11-12,14H,1,7-10H2,2-5H3. The van der Waals surface area contributed by atoms with Crippen molar-refractivity contribution in [1.29, 1.82) is 0 Å². The number of hydrogen-bond acceptors (Lipinski definition) is 7. The van der Waals surface area contributed by atoms with E-state index in [0.29, 0.717) is 13.2 Å². The maximum absolute atomic E-state index is 11.1. The number of rotatable bonds is 7. The summed E-state index contributed by atoms with van der Waals surface area (Å²) in [6, 6.07) is 0. The topological polar surface area (TPSA) is 72.5 Å². The fraction of sp³-hybridized carbons (Fsp3) is 0.812. The van der Waals surface area contributed by atoms with Gasteiger partial charge in [0.2, 0.25) is 0 Å². The van der Waals surface area contributed by atoms with Crippen LogP contribution in [0.5, 0.6) is 0 Å². The first kappa shape index (κ1) is 18.4. The van der Waals surface area contributed by atoms with Crippen molar-refractivity contribution >= 4 is 5.97 Å². The highest BCUT2D eigenvalue weighted by atomic mass is 16.8. The van der Waals surface area contributed by atoms with Crippen LogP contribution >= 0.6 is 0 Å². The molecule has 0 bridgehead atoms. The van der Waals surface area contributed by atoms with E-state index in [4.69, 9.17) is 28.4 Å². The van der Waals surface area contributed by atoms with Gasteiger partial charge in [0.05, 0.1) is 19.8 Å². The molecule has 2 aliphatic heterocycles. The highest BCUT2D eigenvalue weighted by molar-refractivity contribution is 5.81. The van der Waals surface area contributed by atoms with E-state index < -0.39 is 17.5 Å². The summed E-state index contributed by atoms with van der Waals surface area (Å²) in [7, 11) is 0. The number of carbonyl (C=O) groups excluding carboxylic acids is 1. The SMILES string of the molecule is C=CC(=O)OCCOC(C1COC(C)(C)O1)C1COC(C)(C)O1. The average molecular weight is 330 g/mol. The van der Waals surface area contributed by atoms with Crippen LogP contribution < -0.4 is 0 Å².